The molecule has 4 heteroatoms. The van der Waals surface area contributed by atoms with Gasteiger partial charge in [-0.25, -0.2) is 0 Å². The Hall–Kier alpha value is -1.71. The lowest BCUT2D eigenvalue weighted by molar-refractivity contribution is -0.384. The Morgan fingerprint density at radius 1 is 1.50 bits per heavy atom. The van der Waals surface area contributed by atoms with Gasteiger partial charge in [0.1, 0.15) is 0 Å². The van der Waals surface area contributed by atoms with Crippen LogP contribution in [0.4, 0.5) is 5.69 Å². The number of nitro benzene ring substituents is 1. The zero-order valence-electron chi connectivity index (χ0n) is 7.90. The first-order valence-electron chi connectivity index (χ1n) is 4.42. The molecule has 0 saturated heterocycles. The van der Waals surface area contributed by atoms with Crippen LogP contribution in [0.3, 0.4) is 0 Å². The summed E-state index contributed by atoms with van der Waals surface area (Å²) >= 11 is 0. The average molecular weight is 193 g/mol. The molecule has 74 valence electrons. The quantitative estimate of drug-likeness (QED) is 0.419. The molecular formula is C10H11NO3. The largest absolute Gasteiger partial charge is 0.294 e. The normalized spacial score (nSPS) is 9.79. The van der Waals surface area contributed by atoms with E-state index in [0.29, 0.717) is 12.0 Å². The lowest BCUT2D eigenvalue weighted by Gasteiger charge is -1.98. The Morgan fingerprint density at radius 2 is 2.21 bits per heavy atom. The van der Waals surface area contributed by atoms with E-state index in [9.17, 15) is 14.9 Å². The Balaban J connectivity index is 2.93. The van der Waals surface area contributed by atoms with E-state index in [1.54, 1.807) is 6.07 Å². The lowest BCUT2D eigenvalue weighted by atomic mass is 10.1. The molecule has 0 spiro atoms. The Bertz CT molecular complexity index is 360. The molecule has 1 aromatic carbocycles. The Morgan fingerprint density at radius 3 is 2.79 bits per heavy atom. The average Bonchev–Trinajstić information content (AvgIpc) is 2.18. The molecule has 14 heavy (non-hydrogen) atoms. The second-order valence-electron chi connectivity index (χ2n) is 2.98. The summed E-state index contributed by atoms with van der Waals surface area (Å²) in [6.45, 7) is 1.90. The maximum absolute atomic E-state index is 11.4. The molecule has 0 saturated carbocycles. The predicted molar refractivity (Wildman–Crippen MR) is 52.3 cm³/mol. The maximum atomic E-state index is 11.4. The van der Waals surface area contributed by atoms with Crippen LogP contribution < -0.4 is 0 Å². The third-order valence-electron chi connectivity index (χ3n) is 1.86. The zero-order valence-corrected chi connectivity index (χ0v) is 7.90. The predicted octanol–water partition coefficient (Wildman–Crippen LogP) is 2.58. The van der Waals surface area contributed by atoms with Crippen molar-refractivity contribution in [3.8, 4) is 0 Å². The van der Waals surface area contributed by atoms with Crippen molar-refractivity contribution >= 4 is 11.5 Å². The summed E-state index contributed by atoms with van der Waals surface area (Å²) in [5, 5.41) is 10.4. The fourth-order valence-electron chi connectivity index (χ4n) is 1.16. The fourth-order valence-corrected chi connectivity index (χ4v) is 1.16. The van der Waals surface area contributed by atoms with E-state index < -0.39 is 4.92 Å². The number of hydrogen-bond donors (Lipinski definition) is 0. The van der Waals surface area contributed by atoms with Crippen LogP contribution in [0.2, 0.25) is 0 Å². The molecule has 1 rings (SSSR count). The molecule has 1 aromatic rings. The second-order valence-corrected chi connectivity index (χ2v) is 2.98. The van der Waals surface area contributed by atoms with Gasteiger partial charge in [-0.3, -0.25) is 14.9 Å². The van der Waals surface area contributed by atoms with Gasteiger partial charge in [-0.2, -0.15) is 0 Å². The molecule has 0 unspecified atom stereocenters. The van der Waals surface area contributed by atoms with Crippen LogP contribution in [-0.2, 0) is 0 Å². The van der Waals surface area contributed by atoms with Gasteiger partial charge in [-0.1, -0.05) is 19.1 Å². The van der Waals surface area contributed by atoms with Crippen molar-refractivity contribution in [1.82, 2.24) is 0 Å². The lowest BCUT2D eigenvalue weighted by Crippen LogP contribution is -1.99. The van der Waals surface area contributed by atoms with Crippen LogP contribution in [0, 0.1) is 10.1 Å². The minimum absolute atomic E-state index is 0.0352. The van der Waals surface area contributed by atoms with Crippen molar-refractivity contribution in [2.75, 3.05) is 0 Å². The zero-order chi connectivity index (χ0) is 10.6. The van der Waals surface area contributed by atoms with Crippen molar-refractivity contribution < 1.29 is 9.72 Å². The number of rotatable bonds is 4. The van der Waals surface area contributed by atoms with E-state index in [1.165, 1.54) is 18.2 Å². The number of carbonyl (C=O) groups excluding carboxylic acids is 1. The van der Waals surface area contributed by atoms with Crippen molar-refractivity contribution in [2.45, 2.75) is 19.8 Å². The number of nitrogens with zero attached hydrogens (tertiary/aromatic N) is 1. The van der Waals surface area contributed by atoms with Crippen LogP contribution >= 0.6 is 0 Å². The topological polar surface area (TPSA) is 60.2 Å². The van der Waals surface area contributed by atoms with Crippen LogP contribution in [0.5, 0.6) is 0 Å². The van der Waals surface area contributed by atoms with Crippen molar-refractivity contribution in [3.05, 3.63) is 39.9 Å². The fraction of sp³-hybridized carbons (Fsp3) is 0.300. The highest BCUT2D eigenvalue weighted by molar-refractivity contribution is 5.96. The summed E-state index contributed by atoms with van der Waals surface area (Å²) in [5.41, 5.74) is 0.382. The van der Waals surface area contributed by atoms with Gasteiger partial charge in [-0.05, 0) is 6.42 Å². The van der Waals surface area contributed by atoms with Crippen LogP contribution in [0.15, 0.2) is 24.3 Å². The molecule has 0 atom stereocenters. The maximum Gasteiger partial charge on any atom is 0.270 e. The minimum Gasteiger partial charge on any atom is -0.294 e. The smallest absolute Gasteiger partial charge is 0.270 e. The summed E-state index contributed by atoms with van der Waals surface area (Å²) in [7, 11) is 0. The third-order valence-corrected chi connectivity index (χ3v) is 1.86. The van der Waals surface area contributed by atoms with Crippen molar-refractivity contribution in [3.63, 3.8) is 0 Å². The number of nitro groups is 1. The van der Waals surface area contributed by atoms with Gasteiger partial charge < -0.3 is 0 Å². The van der Waals surface area contributed by atoms with Gasteiger partial charge in [-0.15, -0.1) is 0 Å². The summed E-state index contributed by atoms with van der Waals surface area (Å²) in [6.07, 6.45) is 1.18. The van der Waals surface area contributed by atoms with E-state index >= 15 is 0 Å². The molecule has 0 heterocycles. The number of Topliss-reactive ketones (excluding diaryl/α,β-unsaturated/α-hetero) is 1. The van der Waals surface area contributed by atoms with Crippen molar-refractivity contribution in [2.24, 2.45) is 0 Å². The first-order valence-corrected chi connectivity index (χ1v) is 4.42. The van der Waals surface area contributed by atoms with E-state index in [2.05, 4.69) is 0 Å². The summed E-state index contributed by atoms with van der Waals surface area (Å²) in [5.74, 6) is -0.0452. The molecule has 0 N–H and O–H groups in total. The van der Waals surface area contributed by atoms with E-state index in [1.807, 2.05) is 6.92 Å². The van der Waals surface area contributed by atoms with Gasteiger partial charge in [0.05, 0.1) is 4.92 Å². The van der Waals surface area contributed by atoms with Gasteiger partial charge in [0.2, 0.25) is 0 Å². The first-order chi connectivity index (χ1) is 6.65. The molecule has 0 amide bonds. The van der Waals surface area contributed by atoms with Gasteiger partial charge in [0.15, 0.2) is 5.78 Å². The monoisotopic (exact) mass is 193 g/mol. The number of non-ortho nitro benzene ring substituents is 1. The summed E-state index contributed by atoms with van der Waals surface area (Å²) < 4.78 is 0. The molecule has 0 aliphatic rings. The highest BCUT2D eigenvalue weighted by atomic mass is 16.6. The van der Waals surface area contributed by atoms with E-state index in [4.69, 9.17) is 0 Å². The SMILES string of the molecule is CCCC(=O)c1cccc([N+](=O)[O-])c1. The Labute approximate surface area is 81.7 Å². The Kier molecular flexibility index (Phi) is 3.34. The third kappa shape index (κ3) is 2.39. The molecule has 0 aliphatic carbocycles. The molecule has 0 bridgehead atoms. The second kappa shape index (κ2) is 4.50. The molecule has 0 aromatic heterocycles. The molecule has 0 radical (unpaired) electrons. The molecule has 0 fully saturated rings. The van der Waals surface area contributed by atoms with Crippen LogP contribution in [-0.4, -0.2) is 10.7 Å². The van der Waals surface area contributed by atoms with Gasteiger partial charge in [0.25, 0.3) is 5.69 Å². The van der Waals surface area contributed by atoms with Crippen LogP contribution in [0.25, 0.3) is 0 Å². The summed E-state index contributed by atoms with van der Waals surface area (Å²) in [4.78, 5) is 21.3. The van der Waals surface area contributed by atoms with Gasteiger partial charge in [0, 0.05) is 24.1 Å². The van der Waals surface area contributed by atoms with E-state index in [-0.39, 0.29) is 11.5 Å². The highest BCUT2D eigenvalue weighted by Crippen LogP contribution is 2.14. The van der Waals surface area contributed by atoms with Crippen LogP contribution in [0.1, 0.15) is 30.1 Å². The number of benzene rings is 1. The number of carbonyl (C=O) groups is 1. The summed E-state index contributed by atoms with van der Waals surface area (Å²) in [6, 6.07) is 5.83. The standard InChI is InChI=1S/C10H11NO3/c1-2-4-10(12)8-5-3-6-9(7-8)11(13)14/h3,5-7H,2,4H2,1H3. The van der Waals surface area contributed by atoms with Gasteiger partial charge >= 0.3 is 0 Å². The molecule has 4 nitrogen and oxygen atoms in total. The first kappa shape index (κ1) is 10.4. The minimum atomic E-state index is -0.497. The molecule has 0 aliphatic heterocycles. The number of hydrogen-bond acceptors (Lipinski definition) is 3. The van der Waals surface area contributed by atoms with Crippen molar-refractivity contribution in [1.29, 1.82) is 0 Å². The highest BCUT2D eigenvalue weighted by Gasteiger charge is 2.10. The molecular weight excluding hydrogens is 182 g/mol. The number of ketones is 1. The van der Waals surface area contributed by atoms with E-state index in [0.717, 1.165) is 6.42 Å².